The second-order valence-corrected chi connectivity index (χ2v) is 4.11. The van der Waals surface area contributed by atoms with Gasteiger partial charge >= 0.3 is 0 Å². The molecular formula is C12H18ClN. The maximum Gasteiger partial charge on any atom is 0.0409 e. The normalized spacial score (nSPS) is 12.9. The van der Waals surface area contributed by atoms with Crippen molar-refractivity contribution in [1.29, 1.82) is 0 Å². The smallest absolute Gasteiger partial charge is 0.0409 e. The molecule has 0 saturated carbocycles. The molecule has 0 saturated heterocycles. The number of halogens is 1. The first kappa shape index (κ1) is 11.5. The molecule has 0 aliphatic carbocycles. The first-order chi connectivity index (χ1) is 6.69. The van der Waals surface area contributed by atoms with Gasteiger partial charge in [-0.15, -0.1) is 0 Å². The van der Waals surface area contributed by atoms with E-state index < -0.39 is 0 Å². The summed E-state index contributed by atoms with van der Waals surface area (Å²) in [4.78, 5) is 0. The highest BCUT2D eigenvalue weighted by molar-refractivity contribution is 6.30. The zero-order valence-electron chi connectivity index (χ0n) is 8.89. The minimum Gasteiger partial charge on any atom is -0.330 e. The van der Waals surface area contributed by atoms with Crippen molar-refractivity contribution >= 4 is 11.6 Å². The van der Waals surface area contributed by atoms with Crippen molar-refractivity contribution in [2.45, 2.75) is 32.6 Å². The number of hydrogen-bond donors (Lipinski definition) is 1. The molecule has 2 N–H and O–H groups in total. The summed E-state index contributed by atoms with van der Waals surface area (Å²) in [5.41, 5.74) is 8.30. The third kappa shape index (κ3) is 2.73. The van der Waals surface area contributed by atoms with E-state index in [0.717, 1.165) is 24.4 Å². The minimum atomic E-state index is 0.508. The highest BCUT2D eigenvalue weighted by Gasteiger charge is 2.09. The highest BCUT2D eigenvalue weighted by atomic mass is 35.5. The molecule has 2 heteroatoms. The van der Waals surface area contributed by atoms with Crippen LogP contribution >= 0.6 is 11.6 Å². The Morgan fingerprint density at radius 3 is 2.71 bits per heavy atom. The van der Waals surface area contributed by atoms with Crippen LogP contribution in [0, 0.1) is 0 Å². The maximum absolute atomic E-state index is 5.99. The van der Waals surface area contributed by atoms with Crippen molar-refractivity contribution in [3.8, 4) is 0 Å². The van der Waals surface area contributed by atoms with Crippen molar-refractivity contribution in [1.82, 2.24) is 0 Å². The van der Waals surface area contributed by atoms with Gasteiger partial charge in [0.2, 0.25) is 0 Å². The second kappa shape index (κ2) is 5.38. The van der Waals surface area contributed by atoms with Gasteiger partial charge in [-0.25, -0.2) is 0 Å². The molecule has 0 heterocycles. The molecule has 0 bridgehead atoms. The summed E-state index contributed by atoms with van der Waals surface area (Å²) in [7, 11) is 0. The van der Waals surface area contributed by atoms with E-state index in [2.05, 4.69) is 26.0 Å². The molecule has 0 amide bonds. The van der Waals surface area contributed by atoms with Gasteiger partial charge in [-0.3, -0.25) is 0 Å². The van der Waals surface area contributed by atoms with Crippen LogP contribution in [0.25, 0.3) is 0 Å². The Labute approximate surface area is 91.3 Å². The Kier molecular flexibility index (Phi) is 4.43. The molecule has 1 nitrogen and oxygen atoms in total. The van der Waals surface area contributed by atoms with E-state index in [0.29, 0.717) is 5.92 Å². The summed E-state index contributed by atoms with van der Waals surface area (Å²) in [6.07, 6.45) is 2.08. The number of nitrogens with two attached hydrogens (primary N) is 1. The number of aryl methyl sites for hydroxylation is 1. The molecule has 0 radical (unpaired) electrons. The molecule has 1 atom stereocenters. The van der Waals surface area contributed by atoms with E-state index in [1.54, 1.807) is 0 Å². The average molecular weight is 212 g/mol. The standard InChI is InChI=1S/C12H18ClN/c1-3-10-4-5-11(13)8-12(10)9(2)6-7-14/h4-5,8-9H,3,6-7,14H2,1-2H3. The zero-order chi connectivity index (χ0) is 10.6. The summed E-state index contributed by atoms with van der Waals surface area (Å²) in [5, 5.41) is 0.820. The largest absolute Gasteiger partial charge is 0.330 e. The fourth-order valence-electron chi connectivity index (χ4n) is 1.75. The van der Waals surface area contributed by atoms with Crippen LogP contribution in [0.2, 0.25) is 5.02 Å². The van der Waals surface area contributed by atoms with E-state index in [1.165, 1.54) is 11.1 Å². The van der Waals surface area contributed by atoms with Gasteiger partial charge in [0.15, 0.2) is 0 Å². The molecule has 0 spiro atoms. The van der Waals surface area contributed by atoms with Gasteiger partial charge < -0.3 is 5.73 Å². The van der Waals surface area contributed by atoms with Crippen LogP contribution in [0.3, 0.4) is 0 Å². The Hall–Kier alpha value is -0.530. The van der Waals surface area contributed by atoms with E-state index in [1.807, 2.05) is 6.07 Å². The fourth-order valence-corrected chi connectivity index (χ4v) is 1.93. The number of benzene rings is 1. The van der Waals surface area contributed by atoms with Gasteiger partial charge in [0.05, 0.1) is 0 Å². The van der Waals surface area contributed by atoms with Gasteiger partial charge in [-0.05, 0) is 48.6 Å². The third-order valence-corrected chi connectivity index (χ3v) is 2.85. The second-order valence-electron chi connectivity index (χ2n) is 3.68. The van der Waals surface area contributed by atoms with Crippen LogP contribution in [0.1, 0.15) is 37.3 Å². The van der Waals surface area contributed by atoms with Gasteiger partial charge in [-0.1, -0.05) is 31.5 Å². The van der Waals surface area contributed by atoms with Gasteiger partial charge in [-0.2, -0.15) is 0 Å². The Morgan fingerprint density at radius 1 is 1.43 bits per heavy atom. The lowest BCUT2D eigenvalue weighted by Crippen LogP contribution is -2.06. The lowest BCUT2D eigenvalue weighted by molar-refractivity contribution is 0.683. The van der Waals surface area contributed by atoms with Crippen LogP contribution < -0.4 is 5.73 Å². The van der Waals surface area contributed by atoms with Gasteiger partial charge in [0.25, 0.3) is 0 Å². The lowest BCUT2D eigenvalue weighted by atomic mass is 9.92. The number of rotatable bonds is 4. The first-order valence-electron chi connectivity index (χ1n) is 5.17. The van der Waals surface area contributed by atoms with Crippen LogP contribution in [0.15, 0.2) is 18.2 Å². The molecule has 0 fully saturated rings. The summed E-state index contributed by atoms with van der Waals surface area (Å²) >= 11 is 5.99. The Bertz CT molecular complexity index is 296. The van der Waals surface area contributed by atoms with Crippen molar-refractivity contribution in [3.63, 3.8) is 0 Å². The molecule has 1 unspecified atom stereocenters. The Morgan fingerprint density at radius 2 is 2.14 bits per heavy atom. The predicted molar refractivity (Wildman–Crippen MR) is 62.9 cm³/mol. The molecule has 1 rings (SSSR count). The van der Waals surface area contributed by atoms with Crippen molar-refractivity contribution in [2.75, 3.05) is 6.54 Å². The molecule has 0 aliphatic heterocycles. The van der Waals surface area contributed by atoms with Gasteiger partial charge in [0.1, 0.15) is 0 Å². The molecule has 0 aromatic heterocycles. The van der Waals surface area contributed by atoms with Crippen LogP contribution in [-0.4, -0.2) is 6.54 Å². The number of hydrogen-bond acceptors (Lipinski definition) is 1. The van der Waals surface area contributed by atoms with E-state index in [-0.39, 0.29) is 0 Å². The molecule has 1 aromatic carbocycles. The third-order valence-electron chi connectivity index (χ3n) is 2.62. The van der Waals surface area contributed by atoms with Crippen molar-refractivity contribution in [2.24, 2.45) is 5.73 Å². The first-order valence-corrected chi connectivity index (χ1v) is 5.55. The topological polar surface area (TPSA) is 26.0 Å². The minimum absolute atomic E-state index is 0.508. The quantitative estimate of drug-likeness (QED) is 0.812. The lowest BCUT2D eigenvalue weighted by Gasteiger charge is -2.15. The predicted octanol–water partition coefficient (Wildman–Crippen LogP) is 3.35. The molecule has 1 aromatic rings. The summed E-state index contributed by atoms with van der Waals surface area (Å²) in [5.74, 6) is 0.508. The molecular weight excluding hydrogens is 194 g/mol. The van der Waals surface area contributed by atoms with Crippen molar-refractivity contribution in [3.05, 3.63) is 34.3 Å². The van der Waals surface area contributed by atoms with Gasteiger partial charge in [0, 0.05) is 5.02 Å². The molecule has 14 heavy (non-hydrogen) atoms. The molecule has 0 aliphatic rings. The van der Waals surface area contributed by atoms with Crippen molar-refractivity contribution < 1.29 is 0 Å². The van der Waals surface area contributed by atoms with Crippen LogP contribution in [0.4, 0.5) is 0 Å². The summed E-state index contributed by atoms with van der Waals surface area (Å²) in [6, 6.07) is 6.14. The fraction of sp³-hybridized carbons (Fsp3) is 0.500. The van der Waals surface area contributed by atoms with Crippen LogP contribution in [-0.2, 0) is 6.42 Å². The summed E-state index contributed by atoms with van der Waals surface area (Å²) in [6.45, 7) is 5.11. The highest BCUT2D eigenvalue weighted by Crippen LogP contribution is 2.26. The van der Waals surface area contributed by atoms with E-state index in [9.17, 15) is 0 Å². The van der Waals surface area contributed by atoms with E-state index >= 15 is 0 Å². The average Bonchev–Trinajstić information content (AvgIpc) is 2.18. The maximum atomic E-state index is 5.99. The van der Waals surface area contributed by atoms with E-state index in [4.69, 9.17) is 17.3 Å². The van der Waals surface area contributed by atoms with Crippen LogP contribution in [0.5, 0.6) is 0 Å². The SMILES string of the molecule is CCc1ccc(Cl)cc1C(C)CCN. The zero-order valence-corrected chi connectivity index (χ0v) is 9.64. The molecule has 78 valence electrons. The monoisotopic (exact) mass is 211 g/mol. The summed E-state index contributed by atoms with van der Waals surface area (Å²) < 4.78 is 0. The Balaban J connectivity index is 2.97.